The number of para-hydroxylation sites is 1. The largest absolute Gasteiger partial charge is 0.405 e. The van der Waals surface area contributed by atoms with E-state index in [0.29, 0.717) is 11.4 Å². The Hall–Kier alpha value is -7.92. The molecule has 0 spiro atoms. The van der Waals surface area contributed by atoms with Gasteiger partial charge in [0, 0.05) is 17.0 Å². The van der Waals surface area contributed by atoms with E-state index >= 15 is 35.1 Å². The molecular weight excluding hydrogens is 1010 g/mol. The Labute approximate surface area is 389 Å². The number of Topliss-reactive ketones (excluding diaryl/α,β-unsaturated/α-hetero) is 1. The molecule has 0 saturated carbocycles. The summed E-state index contributed by atoms with van der Waals surface area (Å²) < 4.78 is 302. The summed E-state index contributed by atoms with van der Waals surface area (Å²) >= 11 is 0. The maximum atomic E-state index is 15.4. The average molecular weight is 1030 g/mol. The molecule has 0 amide bonds. The normalized spacial score (nSPS) is 11.5. The molecule has 0 saturated heterocycles. The van der Waals surface area contributed by atoms with Crippen LogP contribution in [0.3, 0.4) is 0 Å². The fourth-order valence-corrected chi connectivity index (χ4v) is 7.96. The minimum atomic E-state index is -7.22. The van der Waals surface area contributed by atoms with Gasteiger partial charge >= 0.3 is 5.88 Å². The smallest absolute Gasteiger partial charge is 0.374 e. The summed E-state index contributed by atoms with van der Waals surface area (Å²) in [4.78, 5) is 12.8. The molecule has 0 bridgehead atoms. The maximum absolute atomic E-state index is 15.4. The van der Waals surface area contributed by atoms with Gasteiger partial charge in [-0.3, -0.25) is 4.79 Å². The molecule has 0 fully saturated rings. The second-order valence-corrected chi connectivity index (χ2v) is 15.3. The molecular formula is C48H20BF20NO2. The van der Waals surface area contributed by atoms with E-state index in [-0.39, 0.29) is 12.3 Å². The molecule has 3 nitrogen and oxygen atoms in total. The van der Waals surface area contributed by atoms with Crippen LogP contribution in [0.25, 0.3) is 10.9 Å². The lowest BCUT2D eigenvalue weighted by Gasteiger charge is -2.44. The summed E-state index contributed by atoms with van der Waals surface area (Å²) in [5.74, 6) is -70.0. The molecule has 24 heteroatoms. The van der Waals surface area contributed by atoms with Crippen LogP contribution in [0.1, 0.15) is 15.9 Å². The first-order valence-corrected chi connectivity index (χ1v) is 19.9. The third kappa shape index (κ3) is 8.40. The predicted octanol–water partition coefficient (Wildman–Crippen LogP) is 11.0. The van der Waals surface area contributed by atoms with Gasteiger partial charge in [0.05, 0.1) is 6.07 Å². The number of hydrogen-bond donors (Lipinski definition) is 0. The van der Waals surface area contributed by atoms with Crippen LogP contribution in [0.2, 0.25) is 0 Å². The number of carbonyl (C=O) groups is 1. The Balaban J connectivity index is 0.000000238. The molecule has 0 aliphatic carbocycles. The van der Waals surface area contributed by atoms with Crippen molar-refractivity contribution in [2.45, 2.75) is 13.5 Å². The summed E-state index contributed by atoms with van der Waals surface area (Å²) in [7, 11) is 0. The third-order valence-electron chi connectivity index (χ3n) is 11.2. The van der Waals surface area contributed by atoms with Crippen molar-refractivity contribution in [3.63, 3.8) is 0 Å². The Kier molecular flexibility index (Phi) is 14.2. The molecule has 0 radical (unpaired) electrons. The van der Waals surface area contributed by atoms with Gasteiger partial charge in [0.1, 0.15) is 58.4 Å². The minimum absolute atomic E-state index is 0.0470. The van der Waals surface area contributed by atoms with E-state index in [4.69, 9.17) is 4.74 Å². The number of hydrogen-bond acceptors (Lipinski definition) is 2. The number of fused-ring (bicyclic) bond motifs is 1. The zero-order valence-corrected chi connectivity index (χ0v) is 35.3. The molecule has 372 valence electrons. The number of ether oxygens (including phenoxy) is 1. The second-order valence-electron chi connectivity index (χ2n) is 15.3. The standard InChI is InChI=1S/C24BF20.C24H20NO2/c26-5-1(6(27)14(35)21(42)13(5)34)25(2-7(28)15(36)22(43)16(37)8(2)29,3-9(30)17(38)23(44)18(39)10(3)31)4-11(32)19(40)24(45)20(41)12(4)33;1-18-11-14-21(15-12-18)27-24-16-13-19-7-5-6-10-22(19)25(24)17-23(26)20-8-3-2-4-9-20/h;2-16H,17H2,1H3/q-1;+1. The van der Waals surface area contributed by atoms with Crippen molar-refractivity contribution >= 4 is 44.7 Å². The van der Waals surface area contributed by atoms with E-state index in [1.54, 1.807) is 0 Å². The van der Waals surface area contributed by atoms with Crippen LogP contribution in [-0.4, -0.2) is 11.9 Å². The number of pyridine rings is 1. The predicted molar refractivity (Wildman–Crippen MR) is 215 cm³/mol. The van der Waals surface area contributed by atoms with E-state index in [0.717, 1.165) is 16.7 Å². The van der Waals surface area contributed by atoms with E-state index in [9.17, 15) is 57.5 Å². The van der Waals surface area contributed by atoms with E-state index in [2.05, 4.69) is 0 Å². The van der Waals surface area contributed by atoms with Gasteiger partial charge in [-0.25, -0.2) is 87.8 Å². The van der Waals surface area contributed by atoms with Crippen molar-refractivity contribution in [1.82, 2.24) is 0 Å². The highest BCUT2D eigenvalue weighted by Gasteiger charge is 2.52. The number of rotatable bonds is 9. The quantitative estimate of drug-likeness (QED) is 0.0360. The van der Waals surface area contributed by atoms with Gasteiger partial charge in [0.15, 0.2) is 69.8 Å². The van der Waals surface area contributed by atoms with E-state index in [1.165, 1.54) is 5.56 Å². The van der Waals surface area contributed by atoms with Crippen molar-refractivity contribution in [1.29, 1.82) is 0 Å². The number of aromatic nitrogens is 1. The summed E-state index contributed by atoms with van der Waals surface area (Å²) in [6, 6.07) is 29.2. The van der Waals surface area contributed by atoms with Gasteiger partial charge in [0.2, 0.25) is 17.8 Å². The number of halogens is 20. The van der Waals surface area contributed by atoms with Gasteiger partial charge in [0.25, 0.3) is 0 Å². The zero-order chi connectivity index (χ0) is 53.0. The molecule has 0 aliphatic rings. The number of carbonyl (C=O) groups excluding carboxylic acids is 1. The lowest BCUT2D eigenvalue weighted by atomic mass is 9.12. The van der Waals surface area contributed by atoms with Crippen molar-refractivity contribution in [3.05, 3.63) is 218 Å². The van der Waals surface area contributed by atoms with Crippen LogP contribution in [0, 0.1) is 123 Å². The maximum Gasteiger partial charge on any atom is 0.374 e. The van der Waals surface area contributed by atoms with Gasteiger partial charge in [-0.15, -0.1) is 21.9 Å². The minimum Gasteiger partial charge on any atom is -0.405 e. The Morgan fingerprint density at radius 1 is 0.389 bits per heavy atom. The topological polar surface area (TPSA) is 30.2 Å². The van der Waals surface area contributed by atoms with Crippen molar-refractivity contribution in [3.8, 4) is 11.6 Å². The number of nitrogens with zero attached hydrogens (tertiary/aromatic N) is 1. The molecule has 0 aliphatic heterocycles. The first-order chi connectivity index (χ1) is 33.9. The van der Waals surface area contributed by atoms with Gasteiger partial charge in [-0.2, -0.15) is 4.57 Å². The fourth-order valence-electron chi connectivity index (χ4n) is 7.96. The van der Waals surface area contributed by atoms with Crippen molar-refractivity contribution in [2.24, 2.45) is 0 Å². The molecule has 72 heavy (non-hydrogen) atoms. The SMILES string of the molecule is Cc1ccc(Oc2ccc3ccccc3[n+]2CC(=O)c2ccccc2)cc1.Fc1c(F)c(F)c([B-](c2c(F)c(F)c(F)c(F)c2F)(c2c(F)c(F)c(F)c(F)c2F)c2c(F)c(F)c(F)c(F)c2F)c(F)c1F. The van der Waals surface area contributed by atoms with Crippen molar-refractivity contribution < 1.29 is 102 Å². The van der Waals surface area contributed by atoms with Gasteiger partial charge in [-0.05, 0) is 31.2 Å². The molecule has 8 aromatic rings. The molecule has 0 unspecified atom stereocenters. The van der Waals surface area contributed by atoms with Gasteiger partial charge in [-0.1, -0.05) is 60.2 Å². The van der Waals surface area contributed by atoms with Crippen LogP contribution in [0.15, 0.2) is 91.0 Å². The lowest BCUT2D eigenvalue weighted by molar-refractivity contribution is -0.661. The van der Waals surface area contributed by atoms with Gasteiger partial charge < -0.3 is 4.74 Å². The van der Waals surface area contributed by atoms with Crippen LogP contribution in [-0.2, 0) is 6.54 Å². The highest BCUT2D eigenvalue weighted by Crippen LogP contribution is 2.31. The number of ketones is 1. The van der Waals surface area contributed by atoms with Crippen LogP contribution in [0.5, 0.6) is 11.6 Å². The van der Waals surface area contributed by atoms with Crippen LogP contribution < -0.4 is 31.2 Å². The van der Waals surface area contributed by atoms with Crippen LogP contribution in [0.4, 0.5) is 87.8 Å². The average Bonchev–Trinajstić information content (AvgIpc) is 3.37. The first kappa shape index (κ1) is 51.9. The summed E-state index contributed by atoms with van der Waals surface area (Å²) in [5.41, 5.74) is -11.5. The summed E-state index contributed by atoms with van der Waals surface area (Å²) in [6.45, 7) is 2.26. The first-order valence-electron chi connectivity index (χ1n) is 19.9. The molecule has 0 N–H and O–H groups in total. The van der Waals surface area contributed by atoms with E-state index in [1.807, 2.05) is 102 Å². The highest BCUT2D eigenvalue weighted by molar-refractivity contribution is 7.20. The van der Waals surface area contributed by atoms with E-state index < -0.39 is 144 Å². The highest BCUT2D eigenvalue weighted by atomic mass is 19.2. The molecule has 1 aromatic heterocycles. The summed E-state index contributed by atoms with van der Waals surface area (Å²) in [5, 5.41) is 1.06. The summed E-state index contributed by atoms with van der Waals surface area (Å²) in [6.07, 6.45) is -7.22. The Morgan fingerprint density at radius 3 is 1.07 bits per heavy atom. The Bertz CT molecular complexity index is 3120. The zero-order valence-electron chi connectivity index (χ0n) is 35.3. The second kappa shape index (κ2) is 19.7. The molecule has 1 heterocycles. The van der Waals surface area contributed by atoms with Crippen molar-refractivity contribution in [2.75, 3.05) is 0 Å². The number of aryl methyl sites for hydroxylation is 1. The third-order valence-corrected chi connectivity index (χ3v) is 11.2. The fraction of sp³-hybridized carbons (Fsp3) is 0.0417. The monoisotopic (exact) mass is 1030 g/mol. The molecule has 7 aromatic carbocycles. The molecule has 0 atom stereocenters. The number of benzene rings is 7. The lowest BCUT2D eigenvalue weighted by Crippen LogP contribution is -2.81. The van der Waals surface area contributed by atoms with Crippen LogP contribution >= 0.6 is 0 Å². The Morgan fingerprint density at radius 2 is 0.708 bits per heavy atom. The molecule has 8 rings (SSSR count).